The van der Waals surface area contributed by atoms with Crippen LogP contribution < -0.4 is 18.6 Å². The molecule has 6 heteroatoms. The van der Waals surface area contributed by atoms with Crippen LogP contribution in [0.3, 0.4) is 0 Å². The van der Waals surface area contributed by atoms with Gasteiger partial charge in [-0.2, -0.15) is 0 Å². The van der Waals surface area contributed by atoms with Gasteiger partial charge in [-0.1, -0.05) is 112 Å². The van der Waals surface area contributed by atoms with Crippen LogP contribution in [0.2, 0.25) is 0 Å². The van der Waals surface area contributed by atoms with Crippen molar-refractivity contribution in [3.05, 3.63) is 121 Å². The summed E-state index contributed by atoms with van der Waals surface area (Å²) in [6.45, 7) is 8.68. The van der Waals surface area contributed by atoms with Crippen LogP contribution in [0.4, 0.5) is 0 Å². The third-order valence-electron chi connectivity index (χ3n) is 8.08. The summed E-state index contributed by atoms with van der Waals surface area (Å²) in [7, 11) is 0. The first kappa shape index (κ1) is 29.5. The monoisotopic (exact) mass is 586 g/mol. The molecule has 0 radical (unpaired) electrons. The molecule has 0 aliphatic carbocycles. The van der Waals surface area contributed by atoms with E-state index in [1.807, 2.05) is 24.3 Å². The summed E-state index contributed by atoms with van der Waals surface area (Å²) >= 11 is 0. The molecule has 0 unspecified atom stereocenters. The van der Waals surface area contributed by atoms with Crippen molar-refractivity contribution in [3.63, 3.8) is 0 Å². The first-order chi connectivity index (χ1) is 21.7. The highest BCUT2D eigenvalue weighted by atomic mass is 16.5. The van der Waals surface area contributed by atoms with E-state index in [-0.39, 0.29) is 0 Å². The smallest absolute Gasteiger partial charge is 0.205 e. The Labute approximate surface area is 260 Å². The lowest BCUT2D eigenvalue weighted by molar-refractivity contribution is -0.676. The van der Waals surface area contributed by atoms with Gasteiger partial charge in [-0.15, -0.1) is 0 Å². The van der Waals surface area contributed by atoms with Gasteiger partial charge in [-0.3, -0.25) is 0 Å². The largest absolute Gasteiger partial charge is 0.490 e. The maximum Gasteiger partial charge on any atom is 0.205 e. The molecule has 0 atom stereocenters. The second-order valence-corrected chi connectivity index (χ2v) is 11.3. The van der Waals surface area contributed by atoms with Crippen LogP contribution in [0, 0.1) is 12.7 Å². The number of imidazole rings is 2. The number of fused-ring (bicyclic) bond motifs is 2. The van der Waals surface area contributed by atoms with Crippen LogP contribution in [-0.4, -0.2) is 22.3 Å². The highest BCUT2D eigenvalue weighted by Crippen LogP contribution is 2.23. The number of hydrogen-bond acceptors (Lipinski definition) is 2. The fourth-order valence-electron chi connectivity index (χ4n) is 5.76. The SMILES string of the molecule is CCCCn1[c-][n+](Cc2ccccc2OCCOc2ccccc2Cn2[c-][n+](CCCC)c3ccccc32)c2ccccc21. The van der Waals surface area contributed by atoms with Gasteiger partial charge in [-0.25, -0.2) is 0 Å². The van der Waals surface area contributed by atoms with Gasteiger partial charge in [0.1, 0.15) is 24.7 Å². The molecule has 44 heavy (non-hydrogen) atoms. The number of para-hydroxylation sites is 6. The van der Waals surface area contributed by atoms with Gasteiger partial charge in [0.2, 0.25) is 12.7 Å². The first-order valence-corrected chi connectivity index (χ1v) is 16.0. The molecular formula is C38H42N4O2. The van der Waals surface area contributed by atoms with Crippen LogP contribution in [0.5, 0.6) is 11.5 Å². The topological polar surface area (TPSA) is 36.1 Å². The summed E-state index contributed by atoms with van der Waals surface area (Å²) in [5, 5.41) is 0. The Balaban J connectivity index is 1.12. The van der Waals surface area contributed by atoms with Crippen molar-refractivity contribution in [2.45, 2.75) is 65.7 Å². The molecule has 0 N–H and O–H groups in total. The minimum atomic E-state index is 0.452. The quantitative estimate of drug-likeness (QED) is 0.0744. The first-order valence-electron chi connectivity index (χ1n) is 16.0. The van der Waals surface area contributed by atoms with Gasteiger partial charge in [-0.05, 0) is 25.0 Å². The number of aryl methyl sites for hydroxylation is 2. The molecular weight excluding hydrogens is 544 g/mol. The Morgan fingerprint density at radius 3 is 1.84 bits per heavy atom. The van der Waals surface area contributed by atoms with Gasteiger partial charge in [0.05, 0.1) is 26.2 Å². The van der Waals surface area contributed by atoms with E-state index in [4.69, 9.17) is 9.47 Å². The van der Waals surface area contributed by atoms with Crippen LogP contribution in [0.15, 0.2) is 97.1 Å². The fraction of sp³-hybridized carbons (Fsp3) is 0.316. The summed E-state index contributed by atoms with van der Waals surface area (Å²) < 4.78 is 21.5. The molecule has 0 aliphatic rings. The molecule has 6 nitrogen and oxygen atoms in total. The number of ether oxygens (including phenoxy) is 2. The zero-order valence-corrected chi connectivity index (χ0v) is 25.9. The van der Waals surface area contributed by atoms with Crippen LogP contribution in [-0.2, 0) is 26.2 Å². The molecule has 6 aromatic rings. The van der Waals surface area contributed by atoms with Gasteiger partial charge >= 0.3 is 0 Å². The van der Waals surface area contributed by atoms with E-state index in [9.17, 15) is 0 Å². The fourth-order valence-corrected chi connectivity index (χ4v) is 5.76. The maximum absolute atomic E-state index is 6.30. The van der Waals surface area contributed by atoms with Gasteiger partial charge in [0.25, 0.3) is 0 Å². The minimum Gasteiger partial charge on any atom is -0.490 e. The highest BCUT2D eigenvalue weighted by Gasteiger charge is 2.12. The number of benzene rings is 4. The molecule has 0 fully saturated rings. The molecule has 0 spiro atoms. The standard InChI is InChI=1S/C38H42N4O2/c1-3-5-23-39-29-41(35-19-11-9-17-33(35)39)27-31-15-7-13-21-37(31)43-25-26-44-38-22-14-8-16-32(38)28-42-30-40(24-6-4-2)34-18-10-12-20-36(34)42/h7-22H,3-6,23-28H2,1-2H3. The second-order valence-electron chi connectivity index (χ2n) is 11.3. The van der Waals surface area contributed by atoms with Crippen molar-refractivity contribution in [3.8, 4) is 11.5 Å². The molecule has 226 valence electrons. The predicted molar refractivity (Wildman–Crippen MR) is 174 cm³/mol. The van der Waals surface area contributed by atoms with Crippen molar-refractivity contribution in [2.24, 2.45) is 0 Å². The zero-order chi connectivity index (χ0) is 30.1. The van der Waals surface area contributed by atoms with Gasteiger partial charge in [0, 0.05) is 33.2 Å². The van der Waals surface area contributed by atoms with Gasteiger partial charge < -0.3 is 27.7 Å². The van der Waals surface area contributed by atoms with E-state index in [0.29, 0.717) is 26.3 Å². The molecule has 0 aliphatic heterocycles. The third-order valence-corrected chi connectivity index (χ3v) is 8.08. The van der Waals surface area contributed by atoms with Crippen molar-refractivity contribution in [1.29, 1.82) is 0 Å². The summed E-state index contributed by atoms with van der Waals surface area (Å²) in [4.78, 5) is 0. The van der Waals surface area contributed by atoms with E-state index < -0.39 is 0 Å². The lowest BCUT2D eigenvalue weighted by atomic mass is 10.2. The van der Waals surface area contributed by atoms with Crippen LogP contribution in [0.25, 0.3) is 22.1 Å². The number of nitrogens with zero attached hydrogens (tertiary/aromatic N) is 4. The molecule has 6 rings (SSSR count). The molecule has 2 heterocycles. The number of unbranched alkanes of at least 4 members (excludes halogenated alkanes) is 2. The van der Waals surface area contributed by atoms with Crippen LogP contribution >= 0.6 is 0 Å². The van der Waals surface area contributed by atoms with Crippen molar-refractivity contribution >= 4 is 22.1 Å². The van der Waals surface area contributed by atoms with Crippen molar-refractivity contribution < 1.29 is 18.6 Å². The van der Waals surface area contributed by atoms with Crippen molar-refractivity contribution in [2.75, 3.05) is 13.2 Å². The molecule has 2 aromatic heterocycles. The highest BCUT2D eigenvalue weighted by molar-refractivity contribution is 5.72. The Hall–Kier alpha value is -4.58. The maximum atomic E-state index is 6.30. The zero-order valence-electron chi connectivity index (χ0n) is 25.9. The third kappa shape index (κ3) is 6.65. The predicted octanol–water partition coefficient (Wildman–Crippen LogP) is 6.93. The summed E-state index contributed by atoms with van der Waals surface area (Å²) in [5.41, 5.74) is 7.04. The Morgan fingerprint density at radius 1 is 0.591 bits per heavy atom. The average Bonchev–Trinajstić information content (AvgIpc) is 3.60. The van der Waals surface area contributed by atoms with Crippen LogP contribution in [0.1, 0.15) is 50.7 Å². The Kier molecular flexibility index (Phi) is 9.56. The molecule has 0 saturated heterocycles. The molecule has 0 saturated carbocycles. The summed E-state index contributed by atoms with van der Waals surface area (Å²) in [6.07, 6.45) is 11.8. The molecule has 0 bridgehead atoms. The number of rotatable bonds is 15. The van der Waals surface area contributed by atoms with E-state index in [2.05, 4.69) is 118 Å². The average molecular weight is 587 g/mol. The number of aromatic nitrogens is 4. The lowest BCUT2D eigenvalue weighted by Crippen LogP contribution is -2.33. The normalized spacial score (nSPS) is 11.4. The van der Waals surface area contributed by atoms with E-state index in [0.717, 1.165) is 61.4 Å². The summed E-state index contributed by atoms with van der Waals surface area (Å²) in [6, 6.07) is 33.6. The molecule has 4 aromatic carbocycles. The Bertz CT molecular complexity index is 1690. The van der Waals surface area contributed by atoms with Gasteiger partial charge in [0.15, 0.2) is 0 Å². The van der Waals surface area contributed by atoms with E-state index >= 15 is 0 Å². The number of hydrogen-bond donors (Lipinski definition) is 0. The molecule has 0 amide bonds. The minimum absolute atomic E-state index is 0.452. The van der Waals surface area contributed by atoms with E-state index in [1.54, 1.807) is 0 Å². The Morgan fingerprint density at radius 2 is 1.14 bits per heavy atom. The van der Waals surface area contributed by atoms with E-state index in [1.165, 1.54) is 22.1 Å². The lowest BCUT2D eigenvalue weighted by Gasteiger charge is -2.14. The van der Waals surface area contributed by atoms with Crippen molar-refractivity contribution in [1.82, 2.24) is 9.13 Å². The second kappa shape index (κ2) is 14.3. The summed E-state index contributed by atoms with van der Waals surface area (Å²) in [5.74, 6) is 1.75.